The zero-order chi connectivity index (χ0) is 23.7. The highest BCUT2D eigenvalue weighted by molar-refractivity contribution is 5.97. The Labute approximate surface area is 182 Å². The third kappa shape index (κ3) is 6.11. The molecular weight excluding hydrogens is 425 g/mol. The molecule has 2 aromatic rings. The summed E-state index contributed by atoms with van der Waals surface area (Å²) in [6.07, 6.45) is -3.14. The van der Waals surface area contributed by atoms with E-state index >= 15 is 0 Å². The van der Waals surface area contributed by atoms with Crippen LogP contribution >= 0.6 is 0 Å². The molecule has 3 N–H and O–H groups in total. The highest BCUT2D eigenvalue weighted by Crippen LogP contribution is 2.24. The van der Waals surface area contributed by atoms with Crippen molar-refractivity contribution in [2.75, 3.05) is 7.11 Å². The van der Waals surface area contributed by atoms with Gasteiger partial charge in [0, 0.05) is 23.8 Å². The molecule has 0 fully saturated rings. The summed E-state index contributed by atoms with van der Waals surface area (Å²) in [6, 6.07) is 9.51. The van der Waals surface area contributed by atoms with Gasteiger partial charge in [0.25, 0.3) is 18.2 Å². The second-order valence-corrected chi connectivity index (χ2v) is 6.66. The van der Waals surface area contributed by atoms with Crippen LogP contribution in [0.2, 0.25) is 0 Å². The van der Waals surface area contributed by atoms with Crippen LogP contribution in [-0.4, -0.2) is 42.2 Å². The summed E-state index contributed by atoms with van der Waals surface area (Å²) in [5, 5.41) is 11.0. The summed E-state index contributed by atoms with van der Waals surface area (Å²) in [5.74, 6) is 8.30. The third-order valence-electron chi connectivity index (χ3n) is 4.56. The second-order valence-electron chi connectivity index (χ2n) is 6.66. The number of benzene rings is 2. The first-order valence-corrected chi connectivity index (χ1v) is 9.17. The minimum atomic E-state index is -3.14. The van der Waals surface area contributed by atoms with Gasteiger partial charge in [0.15, 0.2) is 5.60 Å². The fourth-order valence-corrected chi connectivity index (χ4v) is 2.53. The average Bonchev–Trinajstić information content (AvgIpc) is 2.80. The van der Waals surface area contributed by atoms with Crippen molar-refractivity contribution in [3.63, 3.8) is 0 Å². The van der Waals surface area contributed by atoms with E-state index in [1.165, 1.54) is 54.0 Å². The summed E-state index contributed by atoms with van der Waals surface area (Å²) in [7, 11) is 0.961. The lowest BCUT2D eigenvalue weighted by atomic mass is 9.95. The van der Waals surface area contributed by atoms with Crippen molar-refractivity contribution in [1.29, 1.82) is 0 Å². The van der Waals surface area contributed by atoms with Gasteiger partial charge in [0.05, 0.1) is 0 Å². The molecule has 0 spiro atoms. The van der Waals surface area contributed by atoms with Gasteiger partial charge in [-0.2, -0.15) is 0 Å². The number of nitrogens with one attached hydrogen (secondary N) is 2. The number of carbonyl (C=O) groups excluding carboxylic acids is 2. The molecule has 1 unspecified atom stereocenters. The van der Waals surface area contributed by atoms with E-state index in [0.29, 0.717) is 11.1 Å². The molecule has 2 rings (SSSR count). The summed E-state index contributed by atoms with van der Waals surface area (Å²) in [4.78, 5) is 24.3. The van der Waals surface area contributed by atoms with Crippen molar-refractivity contribution < 1.29 is 32.7 Å². The van der Waals surface area contributed by atoms with Gasteiger partial charge in [-0.1, -0.05) is 11.8 Å². The van der Waals surface area contributed by atoms with Gasteiger partial charge < -0.3 is 10.1 Å². The van der Waals surface area contributed by atoms with E-state index in [4.69, 9.17) is 9.94 Å². The highest BCUT2D eigenvalue weighted by Gasteiger charge is 2.48. The molecule has 0 aliphatic heterocycles. The topological polar surface area (TPSA) is 87.7 Å². The molecule has 0 heterocycles. The van der Waals surface area contributed by atoms with Crippen molar-refractivity contribution >= 4 is 11.8 Å². The summed E-state index contributed by atoms with van der Waals surface area (Å²) < 4.78 is 44.5. The third-order valence-corrected chi connectivity index (χ3v) is 4.56. The predicted octanol–water partition coefficient (Wildman–Crippen LogP) is 2.50. The molecule has 166 valence electrons. The maximum atomic E-state index is 13.4. The van der Waals surface area contributed by atoms with E-state index in [0.717, 1.165) is 14.0 Å². The largest absolute Gasteiger partial charge is 0.370 e. The first-order chi connectivity index (χ1) is 15.2. The lowest BCUT2D eigenvalue weighted by molar-refractivity contribution is -0.157. The van der Waals surface area contributed by atoms with Crippen molar-refractivity contribution in [2.24, 2.45) is 0 Å². The van der Waals surface area contributed by atoms with Gasteiger partial charge in [-0.3, -0.25) is 14.8 Å². The molecule has 0 aliphatic rings. The Balaban J connectivity index is 2.12. The molecule has 2 aromatic carbocycles. The quantitative estimate of drug-likeness (QED) is 0.363. The number of hydrogen-bond acceptors (Lipinski definition) is 4. The Morgan fingerprint density at radius 2 is 1.50 bits per heavy atom. The Kier molecular flexibility index (Phi) is 8.42. The Morgan fingerprint density at radius 1 is 1.00 bits per heavy atom. The van der Waals surface area contributed by atoms with E-state index in [9.17, 15) is 22.8 Å². The van der Waals surface area contributed by atoms with Crippen LogP contribution in [0.5, 0.6) is 0 Å². The normalized spacial score (nSPS) is 13.0. The van der Waals surface area contributed by atoms with E-state index in [1.54, 1.807) is 0 Å². The maximum absolute atomic E-state index is 13.4. The van der Waals surface area contributed by atoms with Crippen LogP contribution in [0.1, 0.15) is 28.4 Å². The molecule has 0 aliphatic carbocycles. The van der Waals surface area contributed by atoms with Gasteiger partial charge in [-0.25, -0.2) is 18.7 Å². The Bertz CT molecular complexity index is 1080. The van der Waals surface area contributed by atoms with Crippen molar-refractivity contribution in [3.8, 4) is 23.7 Å². The van der Waals surface area contributed by atoms with E-state index in [1.807, 2.05) is 0 Å². The minimum absolute atomic E-state index is 0.0661. The lowest BCUT2D eigenvalue weighted by Crippen LogP contribution is -2.62. The standard InChI is InChI=1S/C23H19F3N2O4/c1-23(32-2,22(25)26)19(21(30)28-31)27-20(29)17-11-7-15(8-12-17)5-3-4-6-16-9-13-18(24)14-10-16/h7-14,19,22,31H,1-2H3,(H,27,29)(H,28,30)/t19-,23?/m1/s1. The van der Waals surface area contributed by atoms with Crippen LogP contribution in [0.15, 0.2) is 48.5 Å². The molecule has 2 amide bonds. The van der Waals surface area contributed by atoms with E-state index in [-0.39, 0.29) is 11.4 Å². The van der Waals surface area contributed by atoms with Gasteiger partial charge in [0.1, 0.15) is 11.9 Å². The van der Waals surface area contributed by atoms with Crippen LogP contribution in [0.3, 0.4) is 0 Å². The second kappa shape index (κ2) is 11.0. The first-order valence-electron chi connectivity index (χ1n) is 9.17. The monoisotopic (exact) mass is 444 g/mol. The summed E-state index contributed by atoms with van der Waals surface area (Å²) >= 11 is 0. The first kappa shape index (κ1) is 24.5. The molecule has 0 saturated heterocycles. The van der Waals surface area contributed by atoms with Gasteiger partial charge >= 0.3 is 0 Å². The molecule has 2 atom stereocenters. The van der Waals surface area contributed by atoms with Crippen molar-refractivity contribution in [2.45, 2.75) is 25.0 Å². The molecule has 0 aromatic heterocycles. The zero-order valence-corrected chi connectivity index (χ0v) is 17.1. The van der Waals surface area contributed by atoms with Gasteiger partial charge in [-0.15, -0.1) is 0 Å². The van der Waals surface area contributed by atoms with Gasteiger partial charge in [-0.05, 0) is 67.3 Å². The number of methoxy groups -OCH3 is 1. The predicted molar refractivity (Wildman–Crippen MR) is 109 cm³/mol. The fourth-order valence-electron chi connectivity index (χ4n) is 2.53. The van der Waals surface area contributed by atoms with Crippen molar-refractivity contribution in [3.05, 3.63) is 71.0 Å². The molecule has 32 heavy (non-hydrogen) atoms. The number of hydroxylamine groups is 1. The lowest BCUT2D eigenvalue weighted by Gasteiger charge is -2.34. The number of alkyl halides is 2. The maximum Gasteiger partial charge on any atom is 0.269 e. The number of halogens is 3. The minimum Gasteiger partial charge on any atom is -0.370 e. The molecular formula is C23H19F3N2O4. The van der Waals surface area contributed by atoms with Crippen LogP contribution in [0.4, 0.5) is 13.2 Å². The van der Waals surface area contributed by atoms with E-state index < -0.39 is 29.9 Å². The van der Waals surface area contributed by atoms with Gasteiger partial charge in [0.2, 0.25) is 0 Å². The zero-order valence-electron chi connectivity index (χ0n) is 17.1. The van der Waals surface area contributed by atoms with Crippen LogP contribution in [0, 0.1) is 29.5 Å². The number of amides is 2. The van der Waals surface area contributed by atoms with Crippen LogP contribution in [-0.2, 0) is 9.53 Å². The molecule has 0 radical (unpaired) electrons. The fraction of sp³-hybridized carbons (Fsp3) is 0.217. The number of ether oxygens (including phenoxy) is 1. The summed E-state index contributed by atoms with van der Waals surface area (Å²) in [6.45, 7) is 0.934. The molecule has 6 nitrogen and oxygen atoms in total. The Hall–Kier alpha value is -3.79. The Morgan fingerprint density at radius 3 is 1.94 bits per heavy atom. The van der Waals surface area contributed by atoms with Crippen molar-refractivity contribution in [1.82, 2.24) is 10.8 Å². The SMILES string of the molecule is COC(C)(C(F)F)[C@H](NC(=O)c1ccc(C#CC#Cc2ccc(F)cc2)cc1)C(=O)NO. The van der Waals surface area contributed by atoms with E-state index in [2.05, 4.69) is 29.0 Å². The highest BCUT2D eigenvalue weighted by atomic mass is 19.3. The summed E-state index contributed by atoms with van der Waals surface area (Å²) in [5.41, 5.74) is 0.0610. The smallest absolute Gasteiger partial charge is 0.269 e. The number of rotatable bonds is 6. The average molecular weight is 444 g/mol. The van der Waals surface area contributed by atoms with Crippen LogP contribution in [0.25, 0.3) is 0 Å². The molecule has 0 bridgehead atoms. The molecule has 0 saturated carbocycles. The van der Waals surface area contributed by atoms with Crippen LogP contribution < -0.4 is 10.8 Å². The number of carbonyl (C=O) groups is 2. The molecule has 9 heteroatoms. The number of hydrogen-bond donors (Lipinski definition) is 3.